The second-order valence-corrected chi connectivity index (χ2v) is 11.2. The van der Waals surface area contributed by atoms with Crippen molar-refractivity contribution in [3.63, 3.8) is 0 Å². The maximum Gasteiger partial charge on any atom is 0.274 e. The van der Waals surface area contributed by atoms with Crippen LogP contribution in [0.3, 0.4) is 0 Å². The van der Waals surface area contributed by atoms with Crippen LogP contribution in [0.15, 0.2) is 54.9 Å². The second kappa shape index (κ2) is 10.6. The van der Waals surface area contributed by atoms with Gasteiger partial charge in [-0.1, -0.05) is 49.7 Å². The SMILES string of the molecule is COc1ccc(Cl)c(C(=O)N2CCC3CCC2CN3Cc2c(-c3ccc(C(C)C)cc3)nc3ncccn23)n1. The van der Waals surface area contributed by atoms with Crippen LogP contribution in [0.5, 0.6) is 5.88 Å². The van der Waals surface area contributed by atoms with Crippen molar-refractivity contribution in [1.82, 2.24) is 29.2 Å². The van der Waals surface area contributed by atoms with E-state index in [-0.39, 0.29) is 17.6 Å². The molecule has 0 saturated carbocycles. The van der Waals surface area contributed by atoms with E-state index in [4.69, 9.17) is 21.3 Å². The van der Waals surface area contributed by atoms with E-state index in [0.29, 0.717) is 35.2 Å². The largest absolute Gasteiger partial charge is 0.481 e. The topological polar surface area (TPSA) is 75.9 Å². The minimum atomic E-state index is -0.128. The van der Waals surface area contributed by atoms with Gasteiger partial charge in [-0.05, 0) is 42.9 Å². The average Bonchev–Trinajstić information content (AvgIpc) is 3.07. The molecule has 4 aromatic rings. The second-order valence-electron chi connectivity index (χ2n) is 10.8. The van der Waals surface area contributed by atoms with Gasteiger partial charge >= 0.3 is 0 Å². The monoisotopic (exact) mass is 544 g/mol. The Labute approximate surface area is 233 Å². The molecule has 3 aliphatic rings. The molecular formula is C30H33ClN6O2. The van der Waals surface area contributed by atoms with Crippen LogP contribution in [0.25, 0.3) is 17.0 Å². The molecule has 3 saturated heterocycles. The van der Waals surface area contributed by atoms with E-state index in [0.717, 1.165) is 49.3 Å². The van der Waals surface area contributed by atoms with E-state index < -0.39 is 0 Å². The third-order valence-electron chi connectivity index (χ3n) is 8.14. The molecule has 202 valence electrons. The first-order chi connectivity index (χ1) is 18.9. The van der Waals surface area contributed by atoms with Crippen LogP contribution < -0.4 is 4.74 Å². The van der Waals surface area contributed by atoms with Crippen LogP contribution in [0.1, 0.15) is 60.8 Å². The van der Waals surface area contributed by atoms with Gasteiger partial charge in [0.25, 0.3) is 5.91 Å². The van der Waals surface area contributed by atoms with Gasteiger partial charge in [0.05, 0.1) is 23.5 Å². The highest BCUT2D eigenvalue weighted by Gasteiger charge is 2.39. The molecule has 2 unspecified atom stereocenters. The number of hydrogen-bond acceptors (Lipinski definition) is 6. The lowest BCUT2D eigenvalue weighted by Crippen LogP contribution is -2.48. The molecule has 0 spiro atoms. The molecular weight excluding hydrogens is 512 g/mol. The van der Waals surface area contributed by atoms with Gasteiger partial charge in [-0.2, -0.15) is 0 Å². The molecule has 8 nitrogen and oxygen atoms in total. The Bertz CT molecular complexity index is 1500. The van der Waals surface area contributed by atoms with E-state index in [2.05, 4.69) is 57.4 Å². The lowest BCUT2D eigenvalue weighted by Gasteiger charge is -2.38. The van der Waals surface area contributed by atoms with Crippen LogP contribution >= 0.6 is 11.6 Å². The van der Waals surface area contributed by atoms with Crippen LogP contribution in [-0.4, -0.2) is 67.3 Å². The van der Waals surface area contributed by atoms with Gasteiger partial charge in [0, 0.05) is 55.7 Å². The lowest BCUT2D eigenvalue weighted by molar-refractivity contribution is 0.0597. The highest BCUT2D eigenvalue weighted by Crippen LogP contribution is 2.34. The number of nitrogens with zero attached hydrogens (tertiary/aromatic N) is 6. The van der Waals surface area contributed by atoms with E-state index in [1.165, 1.54) is 5.56 Å². The molecule has 0 radical (unpaired) electrons. The summed E-state index contributed by atoms with van der Waals surface area (Å²) in [6, 6.07) is 14.5. The normalized spacial score (nSPS) is 19.6. The fourth-order valence-electron chi connectivity index (χ4n) is 5.95. The summed E-state index contributed by atoms with van der Waals surface area (Å²) in [6.07, 6.45) is 6.73. The Balaban J connectivity index is 1.30. The molecule has 3 aromatic heterocycles. The van der Waals surface area contributed by atoms with Crippen molar-refractivity contribution in [3.8, 4) is 17.1 Å². The summed E-state index contributed by atoms with van der Waals surface area (Å²) in [5.74, 6) is 1.43. The van der Waals surface area contributed by atoms with E-state index >= 15 is 0 Å². The van der Waals surface area contributed by atoms with Gasteiger partial charge in [-0.25, -0.2) is 15.0 Å². The number of hydrogen-bond donors (Lipinski definition) is 0. The predicted octanol–water partition coefficient (Wildman–Crippen LogP) is 5.46. The van der Waals surface area contributed by atoms with Crippen molar-refractivity contribution < 1.29 is 9.53 Å². The molecule has 3 fully saturated rings. The quantitative estimate of drug-likeness (QED) is 0.321. The van der Waals surface area contributed by atoms with Crippen molar-refractivity contribution in [3.05, 3.63) is 76.8 Å². The zero-order valence-electron chi connectivity index (χ0n) is 22.5. The van der Waals surface area contributed by atoms with Gasteiger partial charge in [0.1, 0.15) is 0 Å². The zero-order valence-corrected chi connectivity index (χ0v) is 23.3. The number of rotatable bonds is 6. The number of fused-ring (bicyclic) bond motifs is 5. The molecule has 9 heteroatoms. The lowest BCUT2D eigenvalue weighted by atomic mass is 9.97. The molecule has 39 heavy (non-hydrogen) atoms. The highest BCUT2D eigenvalue weighted by atomic mass is 35.5. The van der Waals surface area contributed by atoms with Gasteiger partial charge in [-0.15, -0.1) is 0 Å². The average molecular weight is 545 g/mol. The maximum atomic E-state index is 13.6. The Hall–Kier alpha value is -3.49. The maximum absolute atomic E-state index is 13.6. The first-order valence-electron chi connectivity index (χ1n) is 13.6. The molecule has 6 heterocycles. The number of aromatic nitrogens is 4. The van der Waals surface area contributed by atoms with Crippen molar-refractivity contribution in [1.29, 1.82) is 0 Å². The number of carbonyl (C=O) groups is 1. The minimum absolute atomic E-state index is 0.0893. The summed E-state index contributed by atoms with van der Waals surface area (Å²) >= 11 is 6.40. The molecule has 3 aliphatic heterocycles. The third kappa shape index (κ3) is 4.87. The number of amides is 1. The zero-order chi connectivity index (χ0) is 27.1. The number of halogens is 1. The number of imidazole rings is 1. The smallest absolute Gasteiger partial charge is 0.274 e. The highest BCUT2D eigenvalue weighted by molar-refractivity contribution is 6.33. The van der Waals surface area contributed by atoms with Gasteiger partial charge in [0.2, 0.25) is 11.7 Å². The molecule has 1 aromatic carbocycles. The molecule has 0 aliphatic carbocycles. The standard InChI is InChI=1S/C30H33ClN6O2/c1-19(2)20-5-7-21(8-6-20)27-25(37-15-4-14-32-30(37)34-27)18-35-17-23-10-9-22(35)13-16-36(23)29(38)28-24(31)11-12-26(33-28)39-3/h4-8,11-12,14-15,19,22-23H,9-10,13,16-18H2,1-3H3. The summed E-state index contributed by atoms with van der Waals surface area (Å²) in [6.45, 7) is 6.61. The number of carbonyl (C=O) groups excluding carboxylic acids is 1. The van der Waals surface area contributed by atoms with E-state index in [1.54, 1.807) is 25.4 Å². The van der Waals surface area contributed by atoms with E-state index in [1.807, 2.05) is 17.2 Å². The number of ether oxygens (including phenoxy) is 1. The summed E-state index contributed by atoms with van der Waals surface area (Å²) in [7, 11) is 1.54. The summed E-state index contributed by atoms with van der Waals surface area (Å²) < 4.78 is 7.35. The predicted molar refractivity (Wildman–Crippen MR) is 151 cm³/mol. The fourth-order valence-corrected chi connectivity index (χ4v) is 6.14. The number of piperidine rings is 1. The number of pyridine rings is 1. The van der Waals surface area contributed by atoms with Crippen LogP contribution in [0, 0.1) is 0 Å². The fraction of sp³-hybridized carbons (Fsp3) is 0.400. The van der Waals surface area contributed by atoms with Gasteiger partial charge < -0.3 is 9.64 Å². The first-order valence-corrected chi connectivity index (χ1v) is 14.0. The number of methoxy groups -OCH3 is 1. The van der Waals surface area contributed by atoms with Crippen molar-refractivity contribution >= 4 is 23.3 Å². The number of benzene rings is 1. The molecule has 7 rings (SSSR count). The van der Waals surface area contributed by atoms with Crippen LogP contribution in [0.4, 0.5) is 0 Å². The van der Waals surface area contributed by atoms with Crippen LogP contribution in [-0.2, 0) is 6.54 Å². The van der Waals surface area contributed by atoms with Crippen molar-refractivity contribution in [2.24, 2.45) is 0 Å². The summed E-state index contributed by atoms with van der Waals surface area (Å²) in [5.41, 5.74) is 4.74. The summed E-state index contributed by atoms with van der Waals surface area (Å²) in [4.78, 5) is 32.0. The minimum Gasteiger partial charge on any atom is -0.481 e. The summed E-state index contributed by atoms with van der Waals surface area (Å²) in [5, 5.41) is 0.350. The van der Waals surface area contributed by atoms with Crippen molar-refractivity contribution in [2.45, 2.75) is 57.7 Å². The molecule has 1 amide bonds. The third-order valence-corrected chi connectivity index (χ3v) is 8.44. The van der Waals surface area contributed by atoms with Gasteiger partial charge in [0.15, 0.2) is 5.69 Å². The van der Waals surface area contributed by atoms with Crippen molar-refractivity contribution in [2.75, 3.05) is 20.2 Å². The van der Waals surface area contributed by atoms with Gasteiger partial charge in [-0.3, -0.25) is 14.1 Å². The molecule has 2 atom stereocenters. The Kier molecular flexibility index (Phi) is 6.99. The molecule has 0 N–H and O–H groups in total. The van der Waals surface area contributed by atoms with Crippen LogP contribution in [0.2, 0.25) is 5.02 Å². The Morgan fingerprint density at radius 2 is 1.87 bits per heavy atom. The first kappa shape index (κ1) is 25.8. The Morgan fingerprint density at radius 3 is 2.64 bits per heavy atom. The Morgan fingerprint density at radius 1 is 1.08 bits per heavy atom. The molecule has 2 bridgehead atoms. The van der Waals surface area contributed by atoms with E-state index in [9.17, 15) is 4.79 Å².